The van der Waals surface area contributed by atoms with Crippen LogP contribution in [0.15, 0.2) is 72.8 Å². The first-order valence-electron chi connectivity index (χ1n) is 17.2. The molecule has 0 bridgehead atoms. The second-order valence-corrected chi connectivity index (χ2v) is 14.9. The molecule has 0 spiro atoms. The lowest BCUT2D eigenvalue weighted by molar-refractivity contribution is -0.153. The van der Waals surface area contributed by atoms with Crippen LogP contribution in [-0.4, -0.2) is 56.0 Å². The third-order valence-corrected chi connectivity index (χ3v) is 10.7. The minimum Gasteiger partial charge on any atom is -0.458 e. The normalized spacial score (nSPS) is 13.5. The maximum Gasteiger partial charge on any atom is 0.330 e. The molecule has 3 atom stereocenters. The van der Waals surface area contributed by atoms with Gasteiger partial charge in [0.25, 0.3) is 0 Å². The number of aryl methyl sites for hydroxylation is 2. The van der Waals surface area contributed by atoms with Crippen LogP contribution in [0.3, 0.4) is 0 Å². The van der Waals surface area contributed by atoms with Crippen molar-refractivity contribution < 1.29 is 31.5 Å². The van der Waals surface area contributed by atoms with Gasteiger partial charge in [-0.2, -0.15) is 0 Å². The van der Waals surface area contributed by atoms with Gasteiger partial charge in [-0.15, -0.1) is 0 Å². The molecule has 11 heteroatoms. The van der Waals surface area contributed by atoms with Crippen molar-refractivity contribution in [1.29, 1.82) is 0 Å². The quantitative estimate of drug-likeness (QED) is 0.124. The number of nitrogens with two attached hydrogens (primary N) is 1. The van der Waals surface area contributed by atoms with Crippen LogP contribution < -0.4 is 16.4 Å². The van der Waals surface area contributed by atoms with Crippen LogP contribution in [0.2, 0.25) is 0 Å². The second-order valence-electron chi connectivity index (χ2n) is 12.6. The standard InChI is InChI=1S/C38H51F2N3O5S/c1-4-11-33(12-5-2)49(46,47)26-35(43-37(44)18-17-28-13-8-7-9-14-28)38(45)48-36(25-42-24-29-16-10-15-27(6-3)19-29)34(41)22-30-20-31(39)23-32(40)21-30/h7-10,13-16,19-21,23,33-36,42H,4-6,11-12,17-18,22,24-26,41H2,1-3H3,(H,43,44)/t34-,35?,36+/m0/s1. The van der Waals surface area contributed by atoms with E-state index in [-0.39, 0.29) is 24.9 Å². The monoisotopic (exact) mass is 699 g/mol. The zero-order valence-corrected chi connectivity index (χ0v) is 29.6. The van der Waals surface area contributed by atoms with E-state index in [9.17, 15) is 26.8 Å². The number of carbonyl (C=O) groups is 2. The summed E-state index contributed by atoms with van der Waals surface area (Å²) in [5.74, 6) is -3.58. The topological polar surface area (TPSA) is 128 Å². The van der Waals surface area contributed by atoms with Crippen LogP contribution in [0.5, 0.6) is 0 Å². The van der Waals surface area contributed by atoms with E-state index in [4.69, 9.17) is 10.5 Å². The molecule has 0 aliphatic heterocycles. The summed E-state index contributed by atoms with van der Waals surface area (Å²) >= 11 is 0. The molecule has 0 saturated carbocycles. The van der Waals surface area contributed by atoms with Gasteiger partial charge < -0.3 is 21.1 Å². The van der Waals surface area contributed by atoms with Crippen LogP contribution in [0, 0.1) is 11.6 Å². The van der Waals surface area contributed by atoms with Crippen LogP contribution in [-0.2, 0) is 50.0 Å². The number of ether oxygens (including phenoxy) is 1. The molecule has 8 nitrogen and oxygen atoms in total. The summed E-state index contributed by atoms with van der Waals surface area (Å²) in [5, 5.41) is 5.22. The number of esters is 1. The molecule has 3 aromatic rings. The average Bonchev–Trinajstić information content (AvgIpc) is 3.06. The highest BCUT2D eigenvalue weighted by Gasteiger charge is 2.35. The van der Waals surface area contributed by atoms with Gasteiger partial charge >= 0.3 is 5.97 Å². The van der Waals surface area contributed by atoms with Crippen LogP contribution in [0.4, 0.5) is 8.78 Å². The van der Waals surface area contributed by atoms with Crippen molar-refractivity contribution in [2.24, 2.45) is 5.73 Å². The fourth-order valence-corrected chi connectivity index (χ4v) is 7.96. The van der Waals surface area contributed by atoms with Gasteiger partial charge in [0.05, 0.1) is 11.0 Å². The highest BCUT2D eigenvalue weighted by molar-refractivity contribution is 7.92. The molecular formula is C38H51F2N3O5S. The summed E-state index contributed by atoms with van der Waals surface area (Å²) in [6.07, 6.45) is 2.40. The first-order chi connectivity index (χ1) is 23.4. The molecule has 4 N–H and O–H groups in total. The Morgan fingerprint density at radius 2 is 1.47 bits per heavy atom. The predicted octanol–water partition coefficient (Wildman–Crippen LogP) is 5.60. The molecular weight excluding hydrogens is 648 g/mol. The molecule has 0 heterocycles. The Balaban J connectivity index is 1.85. The van der Waals surface area contributed by atoms with E-state index in [2.05, 4.69) is 23.6 Å². The van der Waals surface area contributed by atoms with Gasteiger partial charge in [-0.05, 0) is 66.5 Å². The Labute approximate surface area is 290 Å². The number of amides is 1. The summed E-state index contributed by atoms with van der Waals surface area (Å²) in [5.41, 5.74) is 9.87. The Hall–Kier alpha value is -3.67. The van der Waals surface area contributed by atoms with Crippen molar-refractivity contribution >= 4 is 21.7 Å². The van der Waals surface area contributed by atoms with E-state index in [0.29, 0.717) is 38.6 Å². The zero-order chi connectivity index (χ0) is 35.8. The number of hydrogen-bond acceptors (Lipinski definition) is 7. The SMILES string of the molecule is CCCC(CCC)S(=O)(=O)CC(NC(=O)CCc1ccccc1)C(=O)O[C@H](CNCc1cccc(CC)c1)[C@@H](N)Cc1cc(F)cc(F)c1. The van der Waals surface area contributed by atoms with Crippen molar-refractivity contribution in [2.75, 3.05) is 12.3 Å². The molecule has 3 aromatic carbocycles. The number of nitrogens with one attached hydrogen (secondary N) is 2. The van der Waals surface area contributed by atoms with Crippen LogP contribution >= 0.6 is 0 Å². The Morgan fingerprint density at radius 1 is 0.837 bits per heavy atom. The molecule has 49 heavy (non-hydrogen) atoms. The lowest BCUT2D eigenvalue weighted by Crippen LogP contribution is -2.52. The van der Waals surface area contributed by atoms with E-state index >= 15 is 0 Å². The first-order valence-corrected chi connectivity index (χ1v) is 18.9. The van der Waals surface area contributed by atoms with Gasteiger partial charge in [-0.1, -0.05) is 88.2 Å². The number of carbonyl (C=O) groups excluding carboxylic acids is 2. The lowest BCUT2D eigenvalue weighted by atomic mass is 10.0. The second kappa shape index (κ2) is 20.1. The molecule has 0 saturated heterocycles. The summed E-state index contributed by atoms with van der Waals surface area (Å²) in [4.78, 5) is 27.0. The van der Waals surface area contributed by atoms with E-state index < -0.39 is 62.5 Å². The molecule has 1 amide bonds. The number of halogens is 2. The summed E-state index contributed by atoms with van der Waals surface area (Å²) in [6, 6.07) is 18.0. The van der Waals surface area contributed by atoms with Crippen molar-refractivity contribution in [3.63, 3.8) is 0 Å². The highest BCUT2D eigenvalue weighted by atomic mass is 32.2. The smallest absolute Gasteiger partial charge is 0.330 e. The third-order valence-electron chi connectivity index (χ3n) is 8.44. The van der Waals surface area contributed by atoms with Gasteiger partial charge in [0.15, 0.2) is 9.84 Å². The molecule has 0 aliphatic carbocycles. The van der Waals surface area contributed by atoms with Crippen molar-refractivity contribution in [3.05, 3.63) is 107 Å². The number of hydrogen-bond donors (Lipinski definition) is 3. The van der Waals surface area contributed by atoms with Crippen molar-refractivity contribution in [3.8, 4) is 0 Å². The molecule has 0 radical (unpaired) electrons. The largest absolute Gasteiger partial charge is 0.458 e. The maximum absolute atomic E-state index is 14.0. The molecule has 0 fully saturated rings. The number of benzene rings is 3. The molecule has 3 rings (SSSR count). The van der Waals surface area contributed by atoms with Crippen LogP contribution in [0.25, 0.3) is 0 Å². The number of sulfone groups is 1. The van der Waals surface area contributed by atoms with Crippen molar-refractivity contribution in [2.45, 2.75) is 102 Å². The molecule has 268 valence electrons. The Kier molecular flexibility index (Phi) is 16.3. The van der Waals surface area contributed by atoms with E-state index in [0.717, 1.165) is 41.3 Å². The lowest BCUT2D eigenvalue weighted by Gasteiger charge is -2.28. The van der Waals surface area contributed by atoms with E-state index in [1.807, 2.05) is 62.4 Å². The summed E-state index contributed by atoms with van der Waals surface area (Å²) in [6.45, 7) is 6.35. The van der Waals surface area contributed by atoms with Gasteiger partial charge in [0.1, 0.15) is 23.8 Å². The number of rotatable bonds is 21. The first kappa shape index (κ1) is 39.8. The Bertz CT molecular complexity index is 1560. The Morgan fingerprint density at radius 3 is 2.10 bits per heavy atom. The highest BCUT2D eigenvalue weighted by Crippen LogP contribution is 2.19. The zero-order valence-electron chi connectivity index (χ0n) is 28.8. The minimum absolute atomic E-state index is 0.0267. The van der Waals surface area contributed by atoms with Gasteiger partial charge in [0.2, 0.25) is 5.91 Å². The summed E-state index contributed by atoms with van der Waals surface area (Å²) < 4.78 is 61.2. The van der Waals surface area contributed by atoms with E-state index in [1.165, 1.54) is 0 Å². The fraction of sp³-hybridized carbons (Fsp3) is 0.474. The molecule has 0 aliphatic rings. The van der Waals surface area contributed by atoms with Gasteiger partial charge in [0, 0.05) is 31.6 Å². The van der Waals surface area contributed by atoms with E-state index in [1.54, 1.807) is 0 Å². The molecule has 1 unspecified atom stereocenters. The minimum atomic E-state index is -3.82. The third kappa shape index (κ3) is 13.6. The maximum atomic E-state index is 14.0. The average molecular weight is 700 g/mol. The predicted molar refractivity (Wildman–Crippen MR) is 190 cm³/mol. The molecule has 0 aromatic heterocycles. The van der Waals surface area contributed by atoms with Gasteiger partial charge in [-0.25, -0.2) is 22.0 Å². The van der Waals surface area contributed by atoms with Gasteiger partial charge in [-0.3, -0.25) is 4.79 Å². The fourth-order valence-electron chi connectivity index (χ4n) is 5.82. The van der Waals surface area contributed by atoms with Crippen LogP contribution in [0.1, 0.15) is 75.1 Å². The summed E-state index contributed by atoms with van der Waals surface area (Å²) in [7, 11) is -3.82. The van der Waals surface area contributed by atoms with Crippen molar-refractivity contribution in [1.82, 2.24) is 10.6 Å².